The number of esters is 1. The van der Waals surface area contributed by atoms with E-state index >= 15 is 0 Å². The van der Waals surface area contributed by atoms with Crippen LogP contribution >= 0.6 is 27.5 Å². The largest absolute Gasteiger partial charge is 0.493 e. The van der Waals surface area contributed by atoms with Crippen molar-refractivity contribution in [3.05, 3.63) is 57.0 Å². The highest BCUT2D eigenvalue weighted by Gasteiger charge is 2.17. The summed E-state index contributed by atoms with van der Waals surface area (Å²) in [5.74, 6) is -0.280. The average molecular weight is 370 g/mol. The lowest BCUT2D eigenvalue weighted by Crippen LogP contribution is -2.09. The highest BCUT2D eigenvalue weighted by atomic mass is 79.9. The van der Waals surface area contributed by atoms with Crippen LogP contribution in [-0.2, 0) is 0 Å². The zero-order valence-corrected chi connectivity index (χ0v) is 13.3. The highest BCUT2D eigenvalue weighted by Crippen LogP contribution is 2.36. The average Bonchev–Trinajstić information content (AvgIpc) is 2.48. The molecule has 4 nitrogen and oxygen atoms in total. The molecule has 0 saturated heterocycles. The number of carbonyl (C=O) groups is 2. The molecule has 0 saturated carbocycles. The van der Waals surface area contributed by atoms with Crippen molar-refractivity contribution in [2.75, 3.05) is 7.11 Å². The van der Waals surface area contributed by atoms with E-state index in [0.29, 0.717) is 17.4 Å². The molecule has 0 aliphatic rings. The second kappa shape index (κ2) is 6.74. The first-order valence-electron chi connectivity index (χ1n) is 5.85. The predicted octanol–water partition coefficient (Wildman–Crippen LogP) is 4.14. The Balaban J connectivity index is 2.35. The summed E-state index contributed by atoms with van der Waals surface area (Å²) >= 11 is 9.31. The monoisotopic (exact) mass is 368 g/mol. The van der Waals surface area contributed by atoms with Gasteiger partial charge in [-0.3, -0.25) is 4.79 Å². The van der Waals surface area contributed by atoms with Crippen LogP contribution < -0.4 is 9.47 Å². The zero-order valence-electron chi connectivity index (χ0n) is 10.9. The van der Waals surface area contributed by atoms with Crippen molar-refractivity contribution in [1.29, 1.82) is 0 Å². The van der Waals surface area contributed by atoms with Crippen molar-refractivity contribution >= 4 is 39.8 Å². The Kier molecular flexibility index (Phi) is 4.98. The molecule has 0 N–H and O–H groups in total. The van der Waals surface area contributed by atoms with Gasteiger partial charge in [0.1, 0.15) is 6.29 Å². The van der Waals surface area contributed by atoms with Gasteiger partial charge in [-0.1, -0.05) is 33.6 Å². The number of methoxy groups -OCH3 is 1. The lowest BCUT2D eigenvalue weighted by atomic mass is 10.2. The van der Waals surface area contributed by atoms with Crippen LogP contribution in [0.25, 0.3) is 0 Å². The Morgan fingerprint density at radius 2 is 2.05 bits per heavy atom. The fraction of sp³-hybridized carbons (Fsp3) is 0.0667. The summed E-state index contributed by atoms with van der Waals surface area (Å²) in [5, 5.41) is 0.125. The number of hydrogen-bond donors (Lipinski definition) is 0. The summed E-state index contributed by atoms with van der Waals surface area (Å²) in [6.45, 7) is 0. The topological polar surface area (TPSA) is 52.6 Å². The third-order valence-corrected chi connectivity index (χ3v) is 3.42. The molecule has 0 amide bonds. The normalized spacial score (nSPS) is 10.0. The van der Waals surface area contributed by atoms with Crippen molar-refractivity contribution < 1.29 is 19.1 Å². The lowest BCUT2D eigenvalue weighted by Gasteiger charge is -2.11. The van der Waals surface area contributed by atoms with Gasteiger partial charge in [-0.05, 0) is 30.3 Å². The first-order chi connectivity index (χ1) is 10.0. The van der Waals surface area contributed by atoms with Gasteiger partial charge in [0.05, 0.1) is 17.7 Å². The Hall–Kier alpha value is -1.85. The molecule has 2 rings (SSSR count). The molecule has 0 unspecified atom stereocenters. The van der Waals surface area contributed by atoms with Gasteiger partial charge in [0.15, 0.2) is 11.5 Å². The number of benzene rings is 2. The molecule has 0 fully saturated rings. The summed E-state index contributed by atoms with van der Waals surface area (Å²) in [4.78, 5) is 22.9. The van der Waals surface area contributed by atoms with E-state index in [4.69, 9.17) is 21.1 Å². The molecule has 21 heavy (non-hydrogen) atoms. The second-order valence-corrected chi connectivity index (χ2v) is 5.37. The molecule has 2 aromatic rings. The van der Waals surface area contributed by atoms with E-state index in [0.717, 1.165) is 4.47 Å². The van der Waals surface area contributed by atoms with E-state index in [9.17, 15) is 9.59 Å². The molecular weight excluding hydrogens is 360 g/mol. The van der Waals surface area contributed by atoms with Crippen molar-refractivity contribution in [2.24, 2.45) is 0 Å². The molecular formula is C15H10BrClO4. The van der Waals surface area contributed by atoms with Gasteiger partial charge in [-0.15, -0.1) is 0 Å². The minimum absolute atomic E-state index is 0.0785. The molecule has 0 aromatic heterocycles. The summed E-state index contributed by atoms with van der Waals surface area (Å²) in [7, 11) is 1.40. The smallest absolute Gasteiger partial charge is 0.343 e. The SMILES string of the molecule is COc1cc(C=O)cc(Cl)c1OC(=O)c1cccc(Br)c1. The first kappa shape index (κ1) is 15.5. The summed E-state index contributed by atoms with van der Waals surface area (Å²) in [6.07, 6.45) is 0.633. The van der Waals surface area contributed by atoms with E-state index in [1.807, 2.05) is 0 Å². The molecule has 0 aliphatic carbocycles. The molecule has 0 aliphatic heterocycles. The van der Waals surface area contributed by atoms with E-state index in [1.165, 1.54) is 19.2 Å². The van der Waals surface area contributed by atoms with Crippen LogP contribution in [0.4, 0.5) is 0 Å². The standard InChI is InChI=1S/C15H10BrClO4/c1-20-13-6-9(8-18)5-12(17)14(13)21-15(19)10-3-2-4-11(16)7-10/h2-8H,1H3. The third kappa shape index (κ3) is 3.62. The highest BCUT2D eigenvalue weighted by molar-refractivity contribution is 9.10. The van der Waals surface area contributed by atoms with Crippen LogP contribution in [0.2, 0.25) is 5.02 Å². The van der Waals surface area contributed by atoms with Crippen LogP contribution in [0.5, 0.6) is 11.5 Å². The van der Waals surface area contributed by atoms with E-state index < -0.39 is 5.97 Å². The predicted molar refractivity (Wildman–Crippen MR) is 82.5 cm³/mol. The van der Waals surface area contributed by atoms with Crippen LogP contribution in [0.3, 0.4) is 0 Å². The van der Waals surface area contributed by atoms with E-state index in [-0.39, 0.29) is 16.5 Å². The molecule has 0 heterocycles. The van der Waals surface area contributed by atoms with Gasteiger partial charge in [-0.2, -0.15) is 0 Å². The van der Waals surface area contributed by atoms with Gasteiger partial charge in [0.2, 0.25) is 0 Å². The fourth-order valence-corrected chi connectivity index (χ4v) is 2.33. The molecule has 0 atom stereocenters. The molecule has 0 bridgehead atoms. The van der Waals surface area contributed by atoms with E-state index in [1.54, 1.807) is 24.3 Å². The number of rotatable bonds is 4. The van der Waals surface area contributed by atoms with Crippen molar-refractivity contribution in [3.8, 4) is 11.5 Å². The minimum atomic E-state index is -0.574. The van der Waals surface area contributed by atoms with Gasteiger partial charge in [0, 0.05) is 10.0 Å². The van der Waals surface area contributed by atoms with Crippen molar-refractivity contribution in [1.82, 2.24) is 0 Å². The number of aldehydes is 1. The maximum absolute atomic E-state index is 12.1. The van der Waals surface area contributed by atoms with Gasteiger partial charge in [0.25, 0.3) is 0 Å². The lowest BCUT2D eigenvalue weighted by molar-refractivity contribution is 0.0729. The van der Waals surface area contributed by atoms with Crippen LogP contribution in [0.1, 0.15) is 20.7 Å². The fourth-order valence-electron chi connectivity index (χ4n) is 1.67. The van der Waals surface area contributed by atoms with Gasteiger partial charge in [-0.25, -0.2) is 4.79 Å². The van der Waals surface area contributed by atoms with E-state index in [2.05, 4.69) is 15.9 Å². The maximum atomic E-state index is 12.1. The number of carbonyl (C=O) groups excluding carboxylic acids is 2. The summed E-state index contributed by atoms with van der Waals surface area (Å²) < 4.78 is 11.1. The van der Waals surface area contributed by atoms with Crippen molar-refractivity contribution in [2.45, 2.75) is 0 Å². The number of ether oxygens (including phenoxy) is 2. The van der Waals surface area contributed by atoms with Gasteiger partial charge < -0.3 is 9.47 Å². The molecule has 2 aromatic carbocycles. The van der Waals surface area contributed by atoms with Crippen LogP contribution in [0.15, 0.2) is 40.9 Å². The molecule has 6 heteroatoms. The third-order valence-electron chi connectivity index (χ3n) is 2.64. The first-order valence-corrected chi connectivity index (χ1v) is 7.02. The maximum Gasteiger partial charge on any atom is 0.343 e. The zero-order chi connectivity index (χ0) is 15.4. The van der Waals surface area contributed by atoms with Crippen molar-refractivity contribution in [3.63, 3.8) is 0 Å². The second-order valence-electron chi connectivity index (χ2n) is 4.05. The molecule has 108 valence electrons. The molecule has 0 spiro atoms. The summed E-state index contributed by atoms with van der Waals surface area (Å²) in [5.41, 5.74) is 0.695. The van der Waals surface area contributed by atoms with Crippen LogP contribution in [0, 0.1) is 0 Å². The van der Waals surface area contributed by atoms with Crippen LogP contribution in [-0.4, -0.2) is 19.4 Å². The number of hydrogen-bond acceptors (Lipinski definition) is 4. The Labute approximate surface area is 134 Å². The Morgan fingerprint density at radius 3 is 2.67 bits per heavy atom. The number of halogens is 2. The molecule has 0 radical (unpaired) electrons. The Bertz CT molecular complexity index is 700. The minimum Gasteiger partial charge on any atom is -0.493 e. The summed E-state index contributed by atoms with van der Waals surface area (Å²) in [6, 6.07) is 9.61. The quantitative estimate of drug-likeness (QED) is 0.462. The van der Waals surface area contributed by atoms with Gasteiger partial charge >= 0.3 is 5.97 Å². The Morgan fingerprint density at radius 1 is 1.29 bits per heavy atom.